The lowest BCUT2D eigenvalue weighted by molar-refractivity contribution is 0.260. The second kappa shape index (κ2) is 5.52. The van der Waals surface area contributed by atoms with E-state index in [1.165, 1.54) is 24.8 Å². The fourth-order valence-corrected chi connectivity index (χ4v) is 2.81. The zero-order chi connectivity index (χ0) is 14.0. The van der Waals surface area contributed by atoms with Crippen molar-refractivity contribution in [3.8, 4) is 0 Å². The number of pyridine rings is 1. The second-order valence-electron chi connectivity index (χ2n) is 7.29. The van der Waals surface area contributed by atoms with Crippen LogP contribution in [0.15, 0.2) is 18.3 Å². The molecule has 2 heteroatoms. The first-order chi connectivity index (χ1) is 8.86. The fraction of sp³-hybridized carbons (Fsp3) is 0.706. The van der Waals surface area contributed by atoms with Gasteiger partial charge in [-0.3, -0.25) is 0 Å². The Balaban J connectivity index is 1.97. The Labute approximate surface area is 118 Å². The van der Waals surface area contributed by atoms with Crippen LogP contribution in [0.5, 0.6) is 0 Å². The van der Waals surface area contributed by atoms with E-state index in [-0.39, 0.29) is 5.41 Å². The molecule has 1 fully saturated rings. The maximum absolute atomic E-state index is 4.57. The summed E-state index contributed by atoms with van der Waals surface area (Å²) in [4.78, 5) is 4.57. The average Bonchev–Trinajstić information content (AvgIpc) is 2.33. The van der Waals surface area contributed by atoms with E-state index < -0.39 is 0 Å². The molecule has 0 radical (unpaired) electrons. The quantitative estimate of drug-likeness (QED) is 0.839. The number of hydrogen-bond donors (Lipinski definition) is 1. The molecule has 0 bridgehead atoms. The van der Waals surface area contributed by atoms with E-state index in [9.17, 15) is 0 Å². The molecular formula is C17H28N2. The van der Waals surface area contributed by atoms with Crippen molar-refractivity contribution in [2.24, 2.45) is 11.8 Å². The molecule has 3 atom stereocenters. The van der Waals surface area contributed by atoms with Crippen LogP contribution in [0.3, 0.4) is 0 Å². The topological polar surface area (TPSA) is 24.9 Å². The molecule has 0 aliphatic heterocycles. The lowest BCUT2D eigenvalue weighted by Crippen LogP contribution is -2.30. The van der Waals surface area contributed by atoms with Gasteiger partial charge in [-0.1, -0.05) is 40.7 Å². The first-order valence-electron chi connectivity index (χ1n) is 7.59. The van der Waals surface area contributed by atoms with Gasteiger partial charge in [0.05, 0.1) is 0 Å². The molecule has 1 aromatic rings. The summed E-state index contributed by atoms with van der Waals surface area (Å²) in [7, 11) is 0. The van der Waals surface area contributed by atoms with E-state index >= 15 is 0 Å². The molecule has 0 saturated heterocycles. The van der Waals surface area contributed by atoms with E-state index in [4.69, 9.17) is 0 Å². The van der Waals surface area contributed by atoms with Crippen molar-refractivity contribution in [1.29, 1.82) is 0 Å². The first-order valence-corrected chi connectivity index (χ1v) is 7.59. The SMILES string of the molecule is CC1CCC(Nc2ccc(C(C)(C)C)cn2)CC1C. The Morgan fingerprint density at radius 2 is 1.84 bits per heavy atom. The van der Waals surface area contributed by atoms with Gasteiger partial charge in [-0.15, -0.1) is 0 Å². The van der Waals surface area contributed by atoms with Gasteiger partial charge in [0.1, 0.15) is 5.82 Å². The molecule has 19 heavy (non-hydrogen) atoms. The van der Waals surface area contributed by atoms with Gasteiger partial charge >= 0.3 is 0 Å². The number of nitrogens with zero attached hydrogens (tertiary/aromatic N) is 1. The lowest BCUT2D eigenvalue weighted by atomic mass is 9.79. The largest absolute Gasteiger partial charge is 0.367 e. The molecule has 1 N–H and O–H groups in total. The van der Waals surface area contributed by atoms with Crippen LogP contribution in [-0.2, 0) is 5.41 Å². The van der Waals surface area contributed by atoms with Gasteiger partial charge in [-0.05, 0) is 48.1 Å². The minimum Gasteiger partial charge on any atom is -0.367 e. The molecule has 2 rings (SSSR count). The molecule has 0 spiro atoms. The summed E-state index contributed by atoms with van der Waals surface area (Å²) in [5.74, 6) is 2.72. The van der Waals surface area contributed by atoms with Gasteiger partial charge in [0.2, 0.25) is 0 Å². The third-order valence-corrected chi connectivity index (χ3v) is 4.58. The zero-order valence-electron chi connectivity index (χ0n) is 13.0. The first kappa shape index (κ1) is 14.4. The molecule has 0 amide bonds. The highest BCUT2D eigenvalue weighted by Crippen LogP contribution is 2.31. The normalized spacial score (nSPS) is 28.2. The van der Waals surface area contributed by atoms with Gasteiger partial charge in [0, 0.05) is 12.2 Å². The molecule has 1 aliphatic rings. The Kier molecular flexibility index (Phi) is 4.17. The number of anilines is 1. The third kappa shape index (κ3) is 3.71. The van der Waals surface area contributed by atoms with Crippen molar-refractivity contribution >= 4 is 5.82 Å². The zero-order valence-corrected chi connectivity index (χ0v) is 13.0. The summed E-state index contributed by atoms with van der Waals surface area (Å²) in [5.41, 5.74) is 1.48. The number of rotatable bonds is 2. The highest BCUT2D eigenvalue weighted by Gasteiger charge is 2.24. The average molecular weight is 260 g/mol. The molecule has 1 heterocycles. The summed E-state index contributed by atoms with van der Waals surface area (Å²) in [6.45, 7) is 11.4. The van der Waals surface area contributed by atoms with Crippen molar-refractivity contribution in [3.05, 3.63) is 23.9 Å². The van der Waals surface area contributed by atoms with Crippen LogP contribution in [0.4, 0.5) is 5.82 Å². The van der Waals surface area contributed by atoms with Crippen LogP contribution in [0.2, 0.25) is 0 Å². The summed E-state index contributed by atoms with van der Waals surface area (Å²) >= 11 is 0. The van der Waals surface area contributed by atoms with E-state index in [2.05, 4.69) is 57.1 Å². The molecule has 0 aromatic carbocycles. The highest BCUT2D eigenvalue weighted by molar-refractivity contribution is 5.38. The molecule has 3 unspecified atom stereocenters. The van der Waals surface area contributed by atoms with Gasteiger partial charge in [0.15, 0.2) is 0 Å². The van der Waals surface area contributed by atoms with Gasteiger partial charge in [-0.25, -0.2) is 4.98 Å². The third-order valence-electron chi connectivity index (χ3n) is 4.58. The van der Waals surface area contributed by atoms with Crippen LogP contribution >= 0.6 is 0 Å². The number of nitrogens with one attached hydrogen (secondary N) is 1. The summed E-state index contributed by atoms with van der Waals surface area (Å²) < 4.78 is 0. The lowest BCUT2D eigenvalue weighted by Gasteiger charge is -2.32. The highest BCUT2D eigenvalue weighted by atomic mass is 15.0. The van der Waals surface area contributed by atoms with E-state index in [0.717, 1.165) is 17.7 Å². The predicted molar refractivity (Wildman–Crippen MR) is 82.5 cm³/mol. The van der Waals surface area contributed by atoms with Crippen LogP contribution in [0.25, 0.3) is 0 Å². The van der Waals surface area contributed by atoms with Crippen molar-refractivity contribution < 1.29 is 0 Å². The predicted octanol–water partition coefficient (Wildman–Crippen LogP) is 4.62. The molecule has 2 nitrogen and oxygen atoms in total. The monoisotopic (exact) mass is 260 g/mol. The maximum atomic E-state index is 4.57. The summed E-state index contributed by atoms with van der Waals surface area (Å²) in [6.07, 6.45) is 5.88. The van der Waals surface area contributed by atoms with Crippen LogP contribution < -0.4 is 5.32 Å². The van der Waals surface area contributed by atoms with Crippen molar-refractivity contribution in [1.82, 2.24) is 4.98 Å². The number of hydrogen-bond acceptors (Lipinski definition) is 2. The van der Waals surface area contributed by atoms with Crippen LogP contribution in [-0.4, -0.2) is 11.0 Å². The number of aromatic nitrogens is 1. The van der Waals surface area contributed by atoms with Crippen LogP contribution in [0.1, 0.15) is 59.4 Å². The molecule has 106 valence electrons. The minimum absolute atomic E-state index is 0.181. The van der Waals surface area contributed by atoms with Crippen molar-refractivity contribution in [2.75, 3.05) is 5.32 Å². The van der Waals surface area contributed by atoms with Gasteiger partial charge in [0.25, 0.3) is 0 Å². The van der Waals surface area contributed by atoms with E-state index in [1.807, 2.05) is 6.20 Å². The smallest absolute Gasteiger partial charge is 0.126 e. The Bertz CT molecular complexity index is 402. The summed E-state index contributed by atoms with van der Waals surface area (Å²) in [6, 6.07) is 4.92. The minimum atomic E-state index is 0.181. The van der Waals surface area contributed by atoms with Gasteiger partial charge < -0.3 is 5.32 Å². The molecule has 1 saturated carbocycles. The second-order valence-corrected chi connectivity index (χ2v) is 7.29. The fourth-order valence-electron chi connectivity index (χ4n) is 2.81. The molecule has 1 aromatic heterocycles. The van der Waals surface area contributed by atoms with Crippen molar-refractivity contribution in [3.63, 3.8) is 0 Å². The molecular weight excluding hydrogens is 232 g/mol. The Hall–Kier alpha value is -1.05. The maximum Gasteiger partial charge on any atom is 0.126 e. The molecule has 1 aliphatic carbocycles. The van der Waals surface area contributed by atoms with Crippen molar-refractivity contribution in [2.45, 2.75) is 65.3 Å². The van der Waals surface area contributed by atoms with E-state index in [0.29, 0.717) is 6.04 Å². The Morgan fingerprint density at radius 3 is 2.37 bits per heavy atom. The standard InChI is InChI=1S/C17H28N2/c1-12-6-8-15(10-13(12)2)19-16-9-7-14(11-18-16)17(3,4)5/h7,9,11-13,15H,6,8,10H2,1-5H3,(H,18,19). The van der Waals surface area contributed by atoms with E-state index in [1.54, 1.807) is 0 Å². The van der Waals surface area contributed by atoms with Gasteiger partial charge in [-0.2, -0.15) is 0 Å². The summed E-state index contributed by atoms with van der Waals surface area (Å²) in [5, 5.41) is 3.60. The Morgan fingerprint density at radius 1 is 1.11 bits per heavy atom. The van der Waals surface area contributed by atoms with Crippen LogP contribution in [0, 0.1) is 11.8 Å².